The van der Waals surface area contributed by atoms with Crippen LogP contribution in [-0.4, -0.2) is 29.8 Å². The van der Waals surface area contributed by atoms with Crippen molar-refractivity contribution in [2.75, 3.05) is 14.2 Å². The standard InChI is InChI=1S/C16H17BrN2O3/c1-4-19-10-13(17)16(18-19)14(20)7-5-11-9-12(21-2)6-8-15(11)22-3/h5-10H,4H2,1-3H3/b7-5+. The van der Waals surface area contributed by atoms with Gasteiger partial charge in [-0.25, -0.2) is 0 Å². The minimum Gasteiger partial charge on any atom is -0.497 e. The molecule has 1 heterocycles. The zero-order valence-electron chi connectivity index (χ0n) is 12.7. The van der Waals surface area contributed by atoms with Crippen LogP contribution in [-0.2, 0) is 6.54 Å². The number of halogens is 1. The molecule has 5 nitrogen and oxygen atoms in total. The van der Waals surface area contributed by atoms with Crippen molar-refractivity contribution in [1.82, 2.24) is 9.78 Å². The van der Waals surface area contributed by atoms with Gasteiger partial charge in [0.15, 0.2) is 0 Å². The van der Waals surface area contributed by atoms with E-state index in [9.17, 15) is 4.79 Å². The molecule has 0 radical (unpaired) electrons. The summed E-state index contributed by atoms with van der Waals surface area (Å²) >= 11 is 3.35. The molecular weight excluding hydrogens is 348 g/mol. The first-order valence-corrected chi connectivity index (χ1v) is 7.55. The van der Waals surface area contributed by atoms with Crippen molar-refractivity contribution in [3.05, 3.63) is 46.2 Å². The molecule has 0 aliphatic heterocycles. The van der Waals surface area contributed by atoms with Crippen LogP contribution in [0.5, 0.6) is 11.5 Å². The number of carbonyl (C=O) groups is 1. The van der Waals surface area contributed by atoms with Crippen LogP contribution in [0.3, 0.4) is 0 Å². The van der Waals surface area contributed by atoms with Gasteiger partial charge >= 0.3 is 0 Å². The van der Waals surface area contributed by atoms with Gasteiger partial charge in [-0.2, -0.15) is 5.10 Å². The highest BCUT2D eigenvalue weighted by Crippen LogP contribution is 2.25. The zero-order chi connectivity index (χ0) is 16.1. The SMILES string of the molecule is CCn1cc(Br)c(C(=O)/C=C/c2cc(OC)ccc2OC)n1. The number of nitrogens with zero attached hydrogens (tertiary/aromatic N) is 2. The maximum atomic E-state index is 12.3. The molecular formula is C16H17BrN2O3. The highest BCUT2D eigenvalue weighted by molar-refractivity contribution is 9.10. The second-order valence-corrected chi connectivity index (χ2v) is 5.34. The predicted molar refractivity (Wildman–Crippen MR) is 88.5 cm³/mol. The molecule has 1 aromatic heterocycles. The van der Waals surface area contributed by atoms with Gasteiger partial charge in [-0.1, -0.05) is 0 Å². The molecule has 0 atom stereocenters. The molecule has 1 aromatic carbocycles. The molecule has 6 heteroatoms. The number of rotatable bonds is 6. The summed E-state index contributed by atoms with van der Waals surface area (Å²) in [4.78, 5) is 12.3. The number of aryl methyl sites for hydroxylation is 1. The predicted octanol–water partition coefficient (Wildman–Crippen LogP) is 3.58. The topological polar surface area (TPSA) is 53.4 Å². The van der Waals surface area contributed by atoms with E-state index in [0.29, 0.717) is 28.2 Å². The van der Waals surface area contributed by atoms with Gasteiger partial charge in [-0.05, 0) is 53.2 Å². The minimum atomic E-state index is -0.177. The van der Waals surface area contributed by atoms with E-state index < -0.39 is 0 Å². The van der Waals surface area contributed by atoms with Crippen LogP contribution < -0.4 is 9.47 Å². The van der Waals surface area contributed by atoms with E-state index in [-0.39, 0.29) is 5.78 Å². The quantitative estimate of drug-likeness (QED) is 0.580. The maximum absolute atomic E-state index is 12.3. The summed E-state index contributed by atoms with van der Waals surface area (Å²) in [6.07, 6.45) is 4.96. The molecule has 0 spiro atoms. The normalized spacial score (nSPS) is 10.9. The van der Waals surface area contributed by atoms with Gasteiger partial charge in [0.2, 0.25) is 5.78 Å². The van der Waals surface area contributed by atoms with E-state index in [1.165, 1.54) is 6.08 Å². The van der Waals surface area contributed by atoms with Gasteiger partial charge in [-0.15, -0.1) is 0 Å². The highest BCUT2D eigenvalue weighted by Gasteiger charge is 2.12. The second-order valence-electron chi connectivity index (χ2n) is 4.49. The summed E-state index contributed by atoms with van der Waals surface area (Å²) in [6.45, 7) is 2.67. The molecule has 0 bridgehead atoms. The van der Waals surface area contributed by atoms with Crippen LogP contribution in [0.4, 0.5) is 0 Å². The van der Waals surface area contributed by atoms with Gasteiger partial charge < -0.3 is 9.47 Å². The van der Waals surface area contributed by atoms with Crippen LogP contribution in [0.2, 0.25) is 0 Å². The van der Waals surface area contributed by atoms with E-state index in [1.54, 1.807) is 43.3 Å². The van der Waals surface area contributed by atoms with E-state index in [2.05, 4.69) is 21.0 Å². The van der Waals surface area contributed by atoms with E-state index in [1.807, 2.05) is 13.0 Å². The number of aromatic nitrogens is 2. The molecule has 0 saturated carbocycles. The van der Waals surface area contributed by atoms with Crippen LogP contribution >= 0.6 is 15.9 Å². The van der Waals surface area contributed by atoms with Gasteiger partial charge in [-0.3, -0.25) is 9.48 Å². The third-order valence-corrected chi connectivity index (χ3v) is 3.71. The molecule has 2 aromatic rings. The maximum Gasteiger partial charge on any atom is 0.207 e. The van der Waals surface area contributed by atoms with Crippen molar-refractivity contribution in [2.45, 2.75) is 13.5 Å². The molecule has 0 unspecified atom stereocenters. The molecule has 0 fully saturated rings. The number of hydrogen-bond donors (Lipinski definition) is 0. The van der Waals surface area contributed by atoms with Crippen molar-refractivity contribution in [2.24, 2.45) is 0 Å². The number of carbonyl (C=O) groups excluding carboxylic acids is 1. The molecule has 0 aliphatic rings. The first-order valence-electron chi connectivity index (χ1n) is 6.76. The Morgan fingerprint density at radius 2 is 2.14 bits per heavy atom. The number of ether oxygens (including phenoxy) is 2. The number of ketones is 1. The van der Waals surface area contributed by atoms with Crippen LogP contribution in [0.25, 0.3) is 6.08 Å². The molecule has 22 heavy (non-hydrogen) atoms. The number of benzene rings is 1. The molecule has 0 amide bonds. The lowest BCUT2D eigenvalue weighted by molar-refractivity contribution is 0.104. The fourth-order valence-corrected chi connectivity index (χ4v) is 2.45. The van der Waals surface area contributed by atoms with Crippen molar-refractivity contribution < 1.29 is 14.3 Å². The summed E-state index contributed by atoms with van der Waals surface area (Å²) in [5.41, 5.74) is 1.15. The van der Waals surface area contributed by atoms with Gasteiger partial charge in [0, 0.05) is 18.3 Å². The molecule has 116 valence electrons. The monoisotopic (exact) mass is 364 g/mol. The number of hydrogen-bond acceptors (Lipinski definition) is 4. The fraction of sp³-hybridized carbons (Fsp3) is 0.250. The summed E-state index contributed by atoms with van der Waals surface area (Å²) in [5, 5.41) is 4.23. The summed E-state index contributed by atoms with van der Waals surface area (Å²) in [7, 11) is 3.18. The Kier molecular flexibility index (Phi) is 5.38. The first kappa shape index (κ1) is 16.3. The smallest absolute Gasteiger partial charge is 0.207 e. The third kappa shape index (κ3) is 3.57. The van der Waals surface area contributed by atoms with Crippen molar-refractivity contribution >= 4 is 27.8 Å². The molecule has 0 N–H and O–H groups in total. The Labute approximate surface area is 137 Å². The first-order chi connectivity index (χ1) is 10.6. The van der Waals surface area contributed by atoms with Crippen molar-refractivity contribution in [3.8, 4) is 11.5 Å². The van der Waals surface area contributed by atoms with Gasteiger partial charge in [0.05, 0.1) is 18.7 Å². The summed E-state index contributed by atoms with van der Waals surface area (Å²) in [6, 6.07) is 5.41. The lowest BCUT2D eigenvalue weighted by Crippen LogP contribution is -2.00. The largest absolute Gasteiger partial charge is 0.497 e. The van der Waals surface area contributed by atoms with Crippen LogP contribution in [0, 0.1) is 0 Å². The molecule has 2 rings (SSSR count). The molecule has 0 aliphatic carbocycles. The van der Waals surface area contributed by atoms with Crippen LogP contribution in [0.15, 0.2) is 34.9 Å². The lowest BCUT2D eigenvalue weighted by Gasteiger charge is -2.06. The highest BCUT2D eigenvalue weighted by atomic mass is 79.9. The van der Waals surface area contributed by atoms with Crippen LogP contribution in [0.1, 0.15) is 23.0 Å². The zero-order valence-corrected chi connectivity index (χ0v) is 14.3. The second kappa shape index (κ2) is 7.26. The Bertz CT molecular complexity index is 707. The van der Waals surface area contributed by atoms with Crippen molar-refractivity contribution in [1.29, 1.82) is 0 Å². The van der Waals surface area contributed by atoms with Gasteiger partial charge in [0.25, 0.3) is 0 Å². The average molecular weight is 365 g/mol. The number of methoxy groups -OCH3 is 2. The van der Waals surface area contributed by atoms with E-state index in [0.717, 1.165) is 5.56 Å². The van der Waals surface area contributed by atoms with E-state index in [4.69, 9.17) is 9.47 Å². The van der Waals surface area contributed by atoms with Gasteiger partial charge in [0.1, 0.15) is 17.2 Å². The Hall–Kier alpha value is -2.08. The fourth-order valence-electron chi connectivity index (χ4n) is 1.94. The molecule has 0 saturated heterocycles. The average Bonchev–Trinajstić information content (AvgIpc) is 2.93. The van der Waals surface area contributed by atoms with E-state index >= 15 is 0 Å². The van der Waals surface area contributed by atoms with Crippen molar-refractivity contribution in [3.63, 3.8) is 0 Å². The Morgan fingerprint density at radius 3 is 2.73 bits per heavy atom. The Morgan fingerprint density at radius 1 is 1.36 bits per heavy atom. The number of allylic oxidation sites excluding steroid dienone is 1. The lowest BCUT2D eigenvalue weighted by atomic mass is 10.1. The third-order valence-electron chi connectivity index (χ3n) is 3.13. The Balaban J connectivity index is 2.27. The summed E-state index contributed by atoms with van der Waals surface area (Å²) in [5.74, 6) is 1.19. The minimum absolute atomic E-state index is 0.177. The summed E-state index contributed by atoms with van der Waals surface area (Å²) < 4.78 is 12.9.